The molecular weight excluding hydrogens is 587 g/mol. The van der Waals surface area contributed by atoms with Crippen molar-refractivity contribution in [3.05, 3.63) is 164 Å². The summed E-state index contributed by atoms with van der Waals surface area (Å²) >= 11 is 0. The lowest BCUT2D eigenvalue weighted by atomic mass is 10.0. The number of hydrogen-bond donors (Lipinski definition) is 0. The average Bonchev–Trinajstić information content (AvgIpc) is 3.71. The molecular formula is C44H27N3O. The van der Waals surface area contributed by atoms with Gasteiger partial charge < -0.3 is 4.42 Å². The number of furan rings is 1. The van der Waals surface area contributed by atoms with Crippen molar-refractivity contribution in [1.29, 1.82) is 0 Å². The third-order valence-electron chi connectivity index (χ3n) is 9.42. The van der Waals surface area contributed by atoms with Gasteiger partial charge in [0.1, 0.15) is 11.2 Å². The third-order valence-corrected chi connectivity index (χ3v) is 9.42. The first-order valence-corrected chi connectivity index (χ1v) is 16.2. The molecule has 0 aliphatic carbocycles. The zero-order chi connectivity index (χ0) is 31.6. The summed E-state index contributed by atoms with van der Waals surface area (Å²) in [7, 11) is 0. The van der Waals surface area contributed by atoms with Crippen LogP contribution in [0.4, 0.5) is 0 Å². The molecule has 0 saturated carbocycles. The lowest BCUT2D eigenvalue weighted by Crippen LogP contribution is -2.03. The molecule has 0 atom stereocenters. The molecule has 48 heavy (non-hydrogen) atoms. The SMILES string of the molecule is c1ccc(-c2ccc3c4c5oc6c(-c7ccccc7)cccc6c5ccc4n(-c4nc(-c5ccccc5)c5ccccc5n4)c3c2)cc1. The van der Waals surface area contributed by atoms with Crippen LogP contribution < -0.4 is 0 Å². The number of aromatic nitrogens is 3. The van der Waals surface area contributed by atoms with E-state index in [0.29, 0.717) is 5.95 Å². The Balaban J connectivity index is 1.33. The van der Waals surface area contributed by atoms with Crippen molar-refractivity contribution in [2.45, 2.75) is 0 Å². The molecule has 7 aromatic carbocycles. The monoisotopic (exact) mass is 613 g/mol. The molecule has 3 aromatic heterocycles. The Kier molecular flexibility index (Phi) is 5.84. The minimum absolute atomic E-state index is 0.623. The molecule has 0 spiro atoms. The smallest absolute Gasteiger partial charge is 0.235 e. The van der Waals surface area contributed by atoms with Crippen LogP contribution in [0.15, 0.2) is 168 Å². The van der Waals surface area contributed by atoms with Crippen molar-refractivity contribution in [3.63, 3.8) is 0 Å². The summed E-state index contributed by atoms with van der Waals surface area (Å²) < 4.78 is 9.14. The lowest BCUT2D eigenvalue weighted by Gasteiger charge is -2.12. The van der Waals surface area contributed by atoms with Gasteiger partial charge in [-0.05, 0) is 41.0 Å². The number of fused-ring (bicyclic) bond motifs is 8. The maximum absolute atomic E-state index is 6.93. The first kappa shape index (κ1) is 26.7. The maximum Gasteiger partial charge on any atom is 0.235 e. The highest BCUT2D eigenvalue weighted by atomic mass is 16.3. The van der Waals surface area contributed by atoms with Crippen molar-refractivity contribution < 1.29 is 4.42 Å². The molecule has 0 unspecified atom stereocenters. The summed E-state index contributed by atoms with van der Waals surface area (Å²) in [6.07, 6.45) is 0. The van der Waals surface area contributed by atoms with E-state index >= 15 is 0 Å². The van der Waals surface area contributed by atoms with E-state index in [-0.39, 0.29) is 0 Å². The van der Waals surface area contributed by atoms with Gasteiger partial charge in [0.2, 0.25) is 5.95 Å². The van der Waals surface area contributed by atoms with Gasteiger partial charge in [-0.2, -0.15) is 0 Å². The molecule has 4 heteroatoms. The number of nitrogens with zero attached hydrogens (tertiary/aromatic N) is 3. The Morgan fingerprint density at radius 2 is 1.06 bits per heavy atom. The fourth-order valence-electron chi connectivity index (χ4n) is 7.21. The highest BCUT2D eigenvalue weighted by Gasteiger charge is 2.22. The van der Waals surface area contributed by atoms with E-state index in [1.807, 2.05) is 24.3 Å². The zero-order valence-electron chi connectivity index (χ0n) is 25.8. The highest BCUT2D eigenvalue weighted by molar-refractivity contribution is 6.25. The van der Waals surface area contributed by atoms with Gasteiger partial charge in [0, 0.05) is 32.7 Å². The van der Waals surface area contributed by atoms with Crippen LogP contribution in [0.1, 0.15) is 0 Å². The fraction of sp³-hybridized carbons (Fsp3) is 0. The predicted octanol–water partition coefficient (Wildman–Crippen LogP) is 11.6. The minimum Gasteiger partial charge on any atom is -0.455 e. The van der Waals surface area contributed by atoms with Gasteiger partial charge in [0.15, 0.2) is 0 Å². The van der Waals surface area contributed by atoms with Gasteiger partial charge in [0.25, 0.3) is 0 Å². The quantitative estimate of drug-likeness (QED) is 0.198. The molecule has 0 aliphatic heterocycles. The maximum atomic E-state index is 6.93. The number of para-hydroxylation sites is 2. The standard InChI is InChI=1S/C44H27N3O/c1-4-13-28(14-5-1)31-23-24-36-39(27-31)47(44-45-37-22-11-10-19-35(37)41(46-44)30-17-8-3-9-18-30)38-26-25-34-33-21-12-20-32(29-15-6-2-7-16-29)42(33)48-43(34)40(36)38/h1-27H. The molecule has 224 valence electrons. The van der Waals surface area contributed by atoms with Crippen LogP contribution >= 0.6 is 0 Å². The van der Waals surface area contributed by atoms with Crippen molar-refractivity contribution in [2.75, 3.05) is 0 Å². The van der Waals surface area contributed by atoms with Crippen LogP contribution in [-0.2, 0) is 0 Å². The third kappa shape index (κ3) is 4.03. The van der Waals surface area contributed by atoms with E-state index in [1.165, 1.54) is 0 Å². The lowest BCUT2D eigenvalue weighted by molar-refractivity contribution is 0.674. The molecule has 10 aromatic rings. The van der Waals surface area contributed by atoms with Crippen molar-refractivity contribution in [2.24, 2.45) is 0 Å². The van der Waals surface area contributed by atoms with E-state index in [4.69, 9.17) is 14.4 Å². The highest BCUT2D eigenvalue weighted by Crippen LogP contribution is 2.43. The predicted molar refractivity (Wildman–Crippen MR) is 197 cm³/mol. The van der Waals surface area contributed by atoms with E-state index < -0.39 is 0 Å². The second kappa shape index (κ2) is 10.5. The Bertz CT molecular complexity index is 2820. The molecule has 0 radical (unpaired) electrons. The van der Waals surface area contributed by atoms with Crippen LogP contribution in [0.5, 0.6) is 0 Å². The largest absolute Gasteiger partial charge is 0.455 e. The Labute approximate surface area is 276 Å². The van der Waals surface area contributed by atoms with Crippen LogP contribution in [0.25, 0.3) is 94.1 Å². The summed E-state index contributed by atoms with van der Waals surface area (Å²) in [4.78, 5) is 10.5. The molecule has 10 rings (SSSR count). The van der Waals surface area contributed by atoms with Gasteiger partial charge in [-0.3, -0.25) is 4.57 Å². The van der Waals surface area contributed by atoms with Gasteiger partial charge in [-0.1, -0.05) is 140 Å². The molecule has 3 heterocycles. The van der Waals surface area contributed by atoms with Gasteiger partial charge in [0.05, 0.1) is 27.6 Å². The normalized spacial score (nSPS) is 11.8. The Morgan fingerprint density at radius 3 is 1.85 bits per heavy atom. The zero-order valence-corrected chi connectivity index (χ0v) is 25.8. The van der Waals surface area contributed by atoms with Crippen molar-refractivity contribution >= 4 is 54.6 Å². The van der Waals surface area contributed by atoms with E-state index in [9.17, 15) is 0 Å². The fourth-order valence-corrected chi connectivity index (χ4v) is 7.21. The number of rotatable bonds is 4. The molecule has 0 fully saturated rings. The van der Waals surface area contributed by atoms with Crippen LogP contribution in [0, 0.1) is 0 Å². The Hall–Kier alpha value is -6.52. The summed E-state index contributed by atoms with van der Waals surface area (Å²) in [5.74, 6) is 0.623. The van der Waals surface area contributed by atoms with Crippen LogP contribution in [-0.4, -0.2) is 14.5 Å². The van der Waals surface area contributed by atoms with Crippen LogP contribution in [0.3, 0.4) is 0 Å². The molecule has 4 nitrogen and oxygen atoms in total. The number of benzene rings is 7. The topological polar surface area (TPSA) is 43.9 Å². The molecule has 0 saturated heterocycles. The average molecular weight is 614 g/mol. The van der Waals surface area contributed by atoms with Gasteiger partial charge in [-0.15, -0.1) is 0 Å². The summed E-state index contributed by atoms with van der Waals surface area (Å²) in [5.41, 5.74) is 11.1. The minimum atomic E-state index is 0.623. The Morgan fingerprint density at radius 1 is 0.417 bits per heavy atom. The van der Waals surface area contributed by atoms with Gasteiger partial charge >= 0.3 is 0 Å². The first-order chi connectivity index (χ1) is 23.8. The summed E-state index contributed by atoms with van der Waals surface area (Å²) in [6.45, 7) is 0. The molecule has 0 amide bonds. The molecule has 0 aliphatic rings. The van der Waals surface area contributed by atoms with Crippen molar-refractivity contribution in [3.8, 4) is 39.5 Å². The van der Waals surface area contributed by atoms with E-state index in [0.717, 1.165) is 88.2 Å². The van der Waals surface area contributed by atoms with Crippen LogP contribution in [0.2, 0.25) is 0 Å². The second-order valence-electron chi connectivity index (χ2n) is 12.2. The first-order valence-electron chi connectivity index (χ1n) is 16.2. The van der Waals surface area contributed by atoms with Crippen molar-refractivity contribution in [1.82, 2.24) is 14.5 Å². The van der Waals surface area contributed by atoms with Gasteiger partial charge in [-0.25, -0.2) is 9.97 Å². The van der Waals surface area contributed by atoms with E-state index in [1.54, 1.807) is 0 Å². The summed E-state index contributed by atoms with van der Waals surface area (Å²) in [6, 6.07) is 57.1. The second-order valence-corrected chi connectivity index (χ2v) is 12.2. The molecule has 0 bridgehead atoms. The van der Waals surface area contributed by atoms with E-state index in [2.05, 4.69) is 144 Å². The summed E-state index contributed by atoms with van der Waals surface area (Å²) in [5, 5.41) is 5.35. The number of hydrogen-bond acceptors (Lipinski definition) is 3. The molecule has 0 N–H and O–H groups in total.